The maximum absolute atomic E-state index is 2.92. The summed E-state index contributed by atoms with van der Waals surface area (Å²) in [4.78, 5) is 2.01. The van der Waals surface area contributed by atoms with E-state index in [2.05, 4.69) is 23.7 Å². The second-order valence-electron chi connectivity index (χ2n) is 2.19. The minimum absolute atomic E-state index is 0.790. The lowest BCUT2D eigenvalue weighted by molar-refractivity contribution is 0.464. The van der Waals surface area contributed by atoms with Crippen molar-refractivity contribution in [3.63, 3.8) is 0 Å². The largest absolute Gasteiger partial charge is 0.298 e. The van der Waals surface area contributed by atoms with Crippen LogP contribution in [0.5, 0.6) is 0 Å². The molecule has 0 aromatic carbocycles. The molecule has 0 aromatic rings. The molecular weight excluding hydrogens is 122 g/mol. The monoisotopic (exact) mass is 135 g/mol. The molecule has 0 atom stereocenters. The van der Waals surface area contributed by atoms with Gasteiger partial charge in [-0.2, -0.15) is 0 Å². The smallest absolute Gasteiger partial charge is 0.0606 e. The zero-order valence-electron chi connectivity index (χ0n) is 6.86. The maximum atomic E-state index is 2.92. The molecule has 1 heteroatoms. The Morgan fingerprint density at radius 3 is 2.20 bits per heavy atom. The Hall–Kier alpha value is -0.920. The molecule has 10 heavy (non-hydrogen) atoms. The highest BCUT2D eigenvalue weighted by molar-refractivity contribution is 5.25. The predicted molar refractivity (Wildman–Crippen MR) is 44.4 cm³/mol. The van der Waals surface area contributed by atoms with E-state index in [0.717, 1.165) is 13.0 Å². The molecule has 0 aromatic heterocycles. The molecule has 0 spiro atoms. The standard InChI is InChI=1S/C9H13N/c1-4-5-6-7-8-9-10(2)3/h4,9H2,1-3H3. The Balaban J connectivity index is 3.50. The van der Waals surface area contributed by atoms with E-state index < -0.39 is 0 Å². The average Bonchev–Trinajstić information content (AvgIpc) is 1.87. The summed E-state index contributed by atoms with van der Waals surface area (Å²) in [6, 6.07) is 0. The molecule has 0 aliphatic carbocycles. The Morgan fingerprint density at radius 2 is 1.70 bits per heavy atom. The summed E-state index contributed by atoms with van der Waals surface area (Å²) in [6.45, 7) is 2.80. The van der Waals surface area contributed by atoms with Crippen LogP contribution in [0.3, 0.4) is 0 Å². The first-order chi connectivity index (χ1) is 4.77. The van der Waals surface area contributed by atoms with Crippen LogP contribution in [0.4, 0.5) is 0 Å². The van der Waals surface area contributed by atoms with Gasteiger partial charge in [0.1, 0.15) is 0 Å². The van der Waals surface area contributed by atoms with Gasteiger partial charge in [0.05, 0.1) is 6.54 Å². The van der Waals surface area contributed by atoms with Crippen LogP contribution >= 0.6 is 0 Å². The molecule has 1 nitrogen and oxygen atoms in total. The topological polar surface area (TPSA) is 3.24 Å². The first-order valence-corrected chi connectivity index (χ1v) is 3.37. The summed E-state index contributed by atoms with van der Waals surface area (Å²) in [5.41, 5.74) is 0. The van der Waals surface area contributed by atoms with E-state index in [1.165, 1.54) is 0 Å². The van der Waals surface area contributed by atoms with Crippen molar-refractivity contribution in [3.8, 4) is 23.7 Å². The summed E-state index contributed by atoms with van der Waals surface area (Å²) < 4.78 is 0. The van der Waals surface area contributed by atoms with Crippen molar-refractivity contribution >= 4 is 0 Å². The van der Waals surface area contributed by atoms with E-state index >= 15 is 0 Å². The predicted octanol–water partition coefficient (Wildman–Crippen LogP) is 0.965. The van der Waals surface area contributed by atoms with Gasteiger partial charge in [-0.15, -0.1) is 0 Å². The molecule has 0 amide bonds. The Kier molecular flexibility index (Phi) is 5.63. The van der Waals surface area contributed by atoms with E-state index in [-0.39, 0.29) is 0 Å². The van der Waals surface area contributed by atoms with Crippen LogP contribution in [-0.4, -0.2) is 25.5 Å². The molecule has 0 saturated carbocycles. The fourth-order valence-electron chi connectivity index (χ4n) is 0.374. The van der Waals surface area contributed by atoms with Gasteiger partial charge in [0.2, 0.25) is 0 Å². The van der Waals surface area contributed by atoms with E-state index in [1.54, 1.807) is 0 Å². The lowest BCUT2D eigenvalue weighted by Crippen LogP contribution is -2.10. The van der Waals surface area contributed by atoms with Crippen molar-refractivity contribution in [1.82, 2.24) is 4.90 Å². The summed E-state index contributed by atoms with van der Waals surface area (Å²) >= 11 is 0. The molecule has 0 bridgehead atoms. The molecule has 0 aliphatic heterocycles. The average molecular weight is 135 g/mol. The summed E-state index contributed by atoms with van der Waals surface area (Å²) in [7, 11) is 3.98. The van der Waals surface area contributed by atoms with Gasteiger partial charge in [-0.05, 0) is 25.9 Å². The Bertz CT molecular complexity index is 182. The molecule has 0 fully saturated rings. The van der Waals surface area contributed by atoms with Gasteiger partial charge in [-0.3, -0.25) is 4.90 Å². The van der Waals surface area contributed by atoms with Crippen molar-refractivity contribution in [2.24, 2.45) is 0 Å². The van der Waals surface area contributed by atoms with Crippen LogP contribution in [0.25, 0.3) is 0 Å². The zero-order chi connectivity index (χ0) is 7.82. The van der Waals surface area contributed by atoms with Crippen LogP contribution in [0.1, 0.15) is 13.3 Å². The highest BCUT2D eigenvalue weighted by Crippen LogP contribution is 1.69. The van der Waals surface area contributed by atoms with Gasteiger partial charge >= 0.3 is 0 Å². The van der Waals surface area contributed by atoms with Crippen molar-refractivity contribution in [2.45, 2.75) is 13.3 Å². The third-order valence-corrected chi connectivity index (χ3v) is 0.811. The summed E-state index contributed by atoms with van der Waals surface area (Å²) in [6.07, 6.45) is 0.886. The van der Waals surface area contributed by atoms with Gasteiger partial charge in [0.15, 0.2) is 0 Å². The number of hydrogen-bond acceptors (Lipinski definition) is 1. The van der Waals surface area contributed by atoms with E-state index in [1.807, 2.05) is 25.9 Å². The fourth-order valence-corrected chi connectivity index (χ4v) is 0.374. The van der Waals surface area contributed by atoms with Crippen LogP contribution < -0.4 is 0 Å². The summed E-state index contributed by atoms with van der Waals surface area (Å²) in [5.74, 6) is 11.3. The van der Waals surface area contributed by atoms with Crippen LogP contribution in [-0.2, 0) is 0 Å². The zero-order valence-corrected chi connectivity index (χ0v) is 6.86. The van der Waals surface area contributed by atoms with Crippen molar-refractivity contribution < 1.29 is 0 Å². The number of nitrogens with zero attached hydrogens (tertiary/aromatic N) is 1. The third-order valence-electron chi connectivity index (χ3n) is 0.811. The molecule has 0 unspecified atom stereocenters. The van der Waals surface area contributed by atoms with E-state index in [0.29, 0.717) is 0 Å². The summed E-state index contributed by atoms with van der Waals surface area (Å²) in [5, 5.41) is 0. The maximum Gasteiger partial charge on any atom is 0.0606 e. The lowest BCUT2D eigenvalue weighted by Gasteiger charge is -1.99. The first-order valence-electron chi connectivity index (χ1n) is 3.37. The first kappa shape index (κ1) is 9.08. The number of hydrogen-bond donors (Lipinski definition) is 0. The second kappa shape index (κ2) is 6.20. The Morgan fingerprint density at radius 1 is 1.10 bits per heavy atom. The molecule has 0 N–H and O–H groups in total. The Labute approximate surface area is 63.4 Å². The molecule has 0 radical (unpaired) electrons. The van der Waals surface area contributed by atoms with Gasteiger partial charge in [-0.1, -0.05) is 18.8 Å². The van der Waals surface area contributed by atoms with Crippen LogP contribution in [0.15, 0.2) is 0 Å². The van der Waals surface area contributed by atoms with Crippen molar-refractivity contribution in [2.75, 3.05) is 20.6 Å². The van der Waals surface area contributed by atoms with Crippen molar-refractivity contribution in [3.05, 3.63) is 0 Å². The third kappa shape index (κ3) is 7.08. The normalized spacial score (nSPS) is 7.60. The highest BCUT2D eigenvalue weighted by atomic mass is 15.0. The van der Waals surface area contributed by atoms with Crippen LogP contribution in [0, 0.1) is 23.7 Å². The van der Waals surface area contributed by atoms with Gasteiger partial charge in [0, 0.05) is 6.42 Å². The van der Waals surface area contributed by atoms with Gasteiger partial charge < -0.3 is 0 Å². The van der Waals surface area contributed by atoms with Crippen molar-refractivity contribution in [1.29, 1.82) is 0 Å². The van der Waals surface area contributed by atoms with Gasteiger partial charge in [0.25, 0.3) is 0 Å². The highest BCUT2D eigenvalue weighted by Gasteiger charge is 1.77. The van der Waals surface area contributed by atoms with Gasteiger partial charge in [-0.25, -0.2) is 0 Å². The molecule has 0 heterocycles. The molecular formula is C9H13N. The second-order valence-corrected chi connectivity index (χ2v) is 2.19. The SMILES string of the molecule is CCC#CC#CCN(C)C. The molecule has 0 saturated heterocycles. The fraction of sp³-hybridized carbons (Fsp3) is 0.556. The molecule has 0 aliphatic rings. The minimum atomic E-state index is 0.790. The van der Waals surface area contributed by atoms with E-state index in [4.69, 9.17) is 0 Å². The quantitative estimate of drug-likeness (QED) is 0.484. The molecule has 0 rings (SSSR count). The number of rotatable bonds is 1. The lowest BCUT2D eigenvalue weighted by atomic mass is 10.4. The molecule has 54 valence electrons. The van der Waals surface area contributed by atoms with E-state index in [9.17, 15) is 0 Å². The van der Waals surface area contributed by atoms with Crippen LogP contribution in [0.2, 0.25) is 0 Å². The minimum Gasteiger partial charge on any atom is -0.298 e.